The minimum Gasteiger partial charge on any atom is -0.286 e. The first-order valence-corrected chi connectivity index (χ1v) is 10.7. The highest BCUT2D eigenvalue weighted by atomic mass is 32.2. The number of unbranched alkanes of at least 4 members (excludes halogenated alkanes) is 2. The van der Waals surface area contributed by atoms with Crippen molar-refractivity contribution in [1.82, 2.24) is 0 Å². The number of aryl methyl sites for hydroxylation is 1. The van der Waals surface area contributed by atoms with Crippen molar-refractivity contribution in [2.24, 2.45) is 0 Å². The number of hydrogen-bond acceptors (Lipinski definition) is 2. The molecule has 0 aliphatic rings. The van der Waals surface area contributed by atoms with Gasteiger partial charge in [0.1, 0.15) is 5.82 Å². The summed E-state index contributed by atoms with van der Waals surface area (Å²) >= 11 is 0. The van der Waals surface area contributed by atoms with Crippen LogP contribution in [-0.2, 0) is 16.5 Å². The third-order valence-electron chi connectivity index (χ3n) is 2.64. The van der Waals surface area contributed by atoms with E-state index in [9.17, 15) is 17.2 Å². The van der Waals surface area contributed by atoms with Crippen LogP contribution in [0, 0.1) is 5.82 Å². The summed E-state index contributed by atoms with van der Waals surface area (Å²) in [5, 5.41) is 0. The summed E-state index contributed by atoms with van der Waals surface area (Å²) in [4.78, 5) is 0. The number of halogens is 2. The lowest BCUT2D eigenvalue weighted by Crippen LogP contribution is -1.88. The molecule has 0 atom stereocenters. The van der Waals surface area contributed by atoms with Gasteiger partial charge in [-0.1, -0.05) is 82.1 Å². The van der Waals surface area contributed by atoms with Crippen LogP contribution in [0.5, 0.6) is 0 Å². The molecule has 0 aliphatic carbocycles. The lowest BCUT2D eigenvalue weighted by Gasteiger charge is -1.98. The Bertz CT molecular complexity index is 596. The van der Waals surface area contributed by atoms with Crippen LogP contribution in [0.15, 0.2) is 60.7 Å². The van der Waals surface area contributed by atoms with E-state index >= 15 is 0 Å². The molecule has 2 rings (SSSR count). The summed E-state index contributed by atoms with van der Waals surface area (Å²) in [6, 6.07) is 18.6. The molecule has 0 aliphatic heterocycles. The molecule has 0 aromatic heterocycles. The Labute approximate surface area is 164 Å². The molecule has 2 aromatic carbocycles. The molecule has 1 N–H and O–H groups in total. The SMILES string of the molecule is CC.CCCCCc1ccccc1.CF.CS(=O)(=O)O.Fc1ccccc1. The predicted octanol–water partition coefficient (Wildman–Crippen LogP) is 6.36. The molecule has 3 nitrogen and oxygen atoms in total. The molecule has 0 spiro atoms. The van der Waals surface area contributed by atoms with E-state index in [4.69, 9.17) is 4.55 Å². The fourth-order valence-corrected chi connectivity index (χ4v) is 1.64. The minimum atomic E-state index is -3.67. The Morgan fingerprint density at radius 3 is 1.52 bits per heavy atom. The number of hydrogen-bond donors (Lipinski definition) is 1. The van der Waals surface area contributed by atoms with Crippen molar-refractivity contribution in [1.29, 1.82) is 0 Å². The van der Waals surface area contributed by atoms with Crippen molar-refractivity contribution in [2.45, 2.75) is 46.5 Å². The molecule has 0 saturated heterocycles. The van der Waals surface area contributed by atoms with Crippen LogP contribution in [0.4, 0.5) is 8.78 Å². The van der Waals surface area contributed by atoms with Crippen molar-refractivity contribution in [2.75, 3.05) is 13.4 Å². The van der Waals surface area contributed by atoms with Crippen LogP contribution in [0.1, 0.15) is 45.6 Å². The van der Waals surface area contributed by atoms with Gasteiger partial charge < -0.3 is 0 Å². The van der Waals surface area contributed by atoms with Gasteiger partial charge >= 0.3 is 0 Å². The summed E-state index contributed by atoms with van der Waals surface area (Å²) in [5.41, 5.74) is 1.47. The molecule has 156 valence electrons. The number of alkyl halides is 1. The second-order valence-electron chi connectivity index (χ2n) is 4.97. The first kappa shape index (κ1) is 30.0. The fraction of sp³-hybridized carbons (Fsp3) is 0.429. The first-order valence-electron chi connectivity index (χ1n) is 8.87. The van der Waals surface area contributed by atoms with E-state index in [0.717, 1.165) is 0 Å². The normalized spacial score (nSPS) is 8.89. The van der Waals surface area contributed by atoms with Crippen molar-refractivity contribution < 1.29 is 21.8 Å². The predicted molar refractivity (Wildman–Crippen MR) is 112 cm³/mol. The molecule has 6 heteroatoms. The Morgan fingerprint density at radius 2 is 1.22 bits per heavy atom. The van der Waals surface area contributed by atoms with Gasteiger partial charge in [0.25, 0.3) is 10.1 Å². The van der Waals surface area contributed by atoms with E-state index in [2.05, 4.69) is 37.3 Å². The summed E-state index contributed by atoms with van der Waals surface area (Å²) in [5.74, 6) is -0.178. The summed E-state index contributed by atoms with van der Waals surface area (Å²) in [6.07, 6.45) is 5.96. The van der Waals surface area contributed by atoms with Gasteiger partial charge in [0.2, 0.25) is 0 Å². The van der Waals surface area contributed by atoms with Crippen molar-refractivity contribution in [3.63, 3.8) is 0 Å². The van der Waals surface area contributed by atoms with Crippen LogP contribution < -0.4 is 0 Å². The van der Waals surface area contributed by atoms with Crippen LogP contribution in [0.3, 0.4) is 0 Å². The second kappa shape index (κ2) is 22.3. The molecule has 0 saturated carbocycles. The highest BCUT2D eigenvalue weighted by Gasteiger charge is 1.89. The molecular weight excluding hydrogens is 370 g/mol. The first-order chi connectivity index (χ1) is 12.8. The molecular formula is C21H34F2O3S. The zero-order chi connectivity index (χ0) is 21.6. The molecule has 0 amide bonds. The lowest BCUT2D eigenvalue weighted by atomic mass is 10.1. The smallest absolute Gasteiger partial charge is 0.261 e. The summed E-state index contributed by atoms with van der Waals surface area (Å²) in [7, 11) is -3.17. The standard InChI is InChI=1S/C11H16.C6H5F.C2H6.CH3F.CH4O3S/c1-2-3-5-8-11-9-6-4-7-10-11;7-6-4-2-1-3-5-6;2*1-2;1-5(2,3)4/h4,6-7,9-10H,2-3,5,8H2,1H3;1-5H;1-2H3;1H3;1H3,(H,2,3,4). The van der Waals surface area contributed by atoms with E-state index < -0.39 is 10.1 Å². The van der Waals surface area contributed by atoms with Crippen LogP contribution in [0.25, 0.3) is 0 Å². The minimum absolute atomic E-state index is 0.178. The molecule has 0 unspecified atom stereocenters. The zero-order valence-corrected chi connectivity index (χ0v) is 17.8. The average molecular weight is 405 g/mol. The zero-order valence-electron chi connectivity index (χ0n) is 17.0. The van der Waals surface area contributed by atoms with Crippen LogP contribution in [0.2, 0.25) is 0 Å². The van der Waals surface area contributed by atoms with Crippen LogP contribution in [-0.4, -0.2) is 26.4 Å². The maximum atomic E-state index is 11.9. The third kappa shape index (κ3) is 32.4. The Balaban J connectivity index is -0.000000312. The summed E-state index contributed by atoms with van der Waals surface area (Å²) < 4.78 is 47.3. The molecule has 2 aromatic rings. The van der Waals surface area contributed by atoms with Gasteiger partial charge in [-0.2, -0.15) is 8.42 Å². The van der Waals surface area contributed by atoms with Crippen molar-refractivity contribution in [3.8, 4) is 0 Å². The van der Waals surface area contributed by atoms with Gasteiger partial charge in [-0.3, -0.25) is 8.94 Å². The quantitative estimate of drug-likeness (QED) is 0.476. The molecule has 27 heavy (non-hydrogen) atoms. The molecule has 0 radical (unpaired) electrons. The van der Waals surface area contributed by atoms with Gasteiger partial charge in [0, 0.05) is 0 Å². The van der Waals surface area contributed by atoms with E-state index in [1.807, 2.05) is 13.8 Å². The largest absolute Gasteiger partial charge is 0.286 e. The second-order valence-corrected chi connectivity index (χ2v) is 6.44. The van der Waals surface area contributed by atoms with E-state index in [-0.39, 0.29) is 5.82 Å². The summed E-state index contributed by atoms with van der Waals surface area (Å²) in [6.45, 7) is 6.24. The average Bonchev–Trinajstić information content (AvgIpc) is 2.66. The van der Waals surface area contributed by atoms with Gasteiger partial charge in [-0.05, 0) is 30.5 Å². The van der Waals surface area contributed by atoms with E-state index in [1.165, 1.54) is 43.4 Å². The van der Waals surface area contributed by atoms with Gasteiger partial charge in [-0.15, -0.1) is 0 Å². The third-order valence-corrected chi connectivity index (χ3v) is 2.64. The van der Waals surface area contributed by atoms with Gasteiger partial charge in [-0.25, -0.2) is 4.39 Å². The Kier molecular flexibility index (Phi) is 24.7. The highest BCUT2D eigenvalue weighted by Crippen LogP contribution is 2.05. The Morgan fingerprint density at radius 1 is 0.852 bits per heavy atom. The molecule has 0 fully saturated rings. The van der Waals surface area contributed by atoms with E-state index in [1.54, 1.807) is 18.2 Å². The van der Waals surface area contributed by atoms with E-state index in [0.29, 0.717) is 13.4 Å². The Hall–Kier alpha value is -1.79. The molecule has 0 bridgehead atoms. The lowest BCUT2D eigenvalue weighted by molar-refractivity contribution is 0.490. The van der Waals surface area contributed by atoms with Crippen molar-refractivity contribution >= 4 is 10.1 Å². The van der Waals surface area contributed by atoms with Gasteiger partial charge in [0.15, 0.2) is 0 Å². The maximum Gasteiger partial charge on any atom is 0.261 e. The maximum absolute atomic E-state index is 11.9. The molecule has 0 heterocycles. The topological polar surface area (TPSA) is 54.4 Å². The highest BCUT2D eigenvalue weighted by molar-refractivity contribution is 7.85. The number of rotatable bonds is 4. The fourth-order valence-electron chi connectivity index (χ4n) is 1.64. The van der Waals surface area contributed by atoms with Crippen LogP contribution >= 0.6 is 0 Å². The number of benzene rings is 2. The van der Waals surface area contributed by atoms with Crippen molar-refractivity contribution in [3.05, 3.63) is 72.0 Å². The monoisotopic (exact) mass is 404 g/mol. The van der Waals surface area contributed by atoms with Gasteiger partial charge in [0.05, 0.1) is 13.4 Å².